The van der Waals surface area contributed by atoms with Crippen LogP contribution in [0.15, 0.2) is 48.5 Å². The molecule has 3 aromatic rings. The molecule has 1 amide bonds. The molecule has 1 N–H and O–H groups in total. The zero-order valence-corrected chi connectivity index (χ0v) is 13.6. The van der Waals surface area contributed by atoms with Crippen LogP contribution in [0.25, 0.3) is 11.0 Å². The number of anilines is 1. The molecule has 1 aliphatic heterocycles. The van der Waals surface area contributed by atoms with Gasteiger partial charge in [0.2, 0.25) is 11.9 Å². The molecule has 0 saturated carbocycles. The topological polar surface area (TPSA) is 79.9 Å². The summed E-state index contributed by atoms with van der Waals surface area (Å²) in [5, 5.41) is 12.4. The number of hydrogen-bond acceptors (Lipinski definition) is 4. The number of para-hydroxylation sites is 3. The Morgan fingerprint density at radius 2 is 2.00 bits per heavy atom. The second-order valence-corrected chi connectivity index (χ2v) is 5.81. The van der Waals surface area contributed by atoms with Crippen molar-refractivity contribution in [3.8, 4) is 11.8 Å². The fourth-order valence-electron chi connectivity index (χ4n) is 3.35. The highest BCUT2D eigenvalue weighted by Crippen LogP contribution is 2.40. The summed E-state index contributed by atoms with van der Waals surface area (Å²) in [6.45, 7) is 2.41. The molecular weight excluding hydrogens is 316 g/mol. The number of fused-ring (bicyclic) bond motifs is 3. The largest absolute Gasteiger partial charge is 0.494 e. The van der Waals surface area contributed by atoms with Crippen LogP contribution < -0.4 is 10.1 Å². The van der Waals surface area contributed by atoms with Crippen molar-refractivity contribution in [3.63, 3.8) is 0 Å². The van der Waals surface area contributed by atoms with Gasteiger partial charge in [-0.1, -0.05) is 30.3 Å². The Hall–Kier alpha value is -3.33. The molecule has 0 bridgehead atoms. The molecule has 2 aromatic carbocycles. The van der Waals surface area contributed by atoms with E-state index in [1.54, 1.807) is 0 Å². The van der Waals surface area contributed by atoms with E-state index >= 15 is 0 Å². The number of ether oxygens (including phenoxy) is 1. The Balaban J connectivity index is 2.00. The Bertz CT molecular complexity index is 1000. The Morgan fingerprint density at radius 1 is 1.24 bits per heavy atom. The maximum absolute atomic E-state index is 12.5. The lowest BCUT2D eigenvalue weighted by atomic mass is 9.90. The first-order valence-electron chi connectivity index (χ1n) is 8.13. The first-order chi connectivity index (χ1) is 12.2. The van der Waals surface area contributed by atoms with Gasteiger partial charge in [0.25, 0.3) is 0 Å². The molecule has 0 spiro atoms. The van der Waals surface area contributed by atoms with E-state index in [9.17, 15) is 10.1 Å². The fourth-order valence-corrected chi connectivity index (χ4v) is 3.35. The first-order valence-corrected chi connectivity index (χ1v) is 8.13. The molecule has 0 aliphatic carbocycles. The van der Waals surface area contributed by atoms with Crippen molar-refractivity contribution in [1.29, 1.82) is 5.26 Å². The highest BCUT2D eigenvalue weighted by Gasteiger charge is 2.40. The third-order valence-electron chi connectivity index (χ3n) is 4.38. The van der Waals surface area contributed by atoms with Gasteiger partial charge < -0.3 is 9.30 Å². The average Bonchev–Trinajstić information content (AvgIpc) is 2.99. The summed E-state index contributed by atoms with van der Waals surface area (Å²) in [5.41, 5.74) is 2.44. The number of nitrogens with zero attached hydrogens (tertiary/aromatic N) is 3. The lowest BCUT2D eigenvalue weighted by molar-refractivity contribution is -0.119. The van der Waals surface area contributed by atoms with Gasteiger partial charge in [-0.05, 0) is 25.1 Å². The minimum Gasteiger partial charge on any atom is -0.494 e. The van der Waals surface area contributed by atoms with E-state index in [2.05, 4.69) is 16.4 Å². The minimum absolute atomic E-state index is 0.346. The normalized spacial score (nSPS) is 19.1. The van der Waals surface area contributed by atoms with Crippen LogP contribution in [0.3, 0.4) is 0 Å². The summed E-state index contributed by atoms with van der Waals surface area (Å²) in [7, 11) is 0. The molecule has 0 saturated heterocycles. The summed E-state index contributed by atoms with van der Waals surface area (Å²) >= 11 is 0. The molecule has 0 radical (unpaired) electrons. The molecule has 6 heteroatoms. The molecule has 1 aliphatic rings. The van der Waals surface area contributed by atoms with Gasteiger partial charge in [0.15, 0.2) is 5.92 Å². The van der Waals surface area contributed by atoms with Crippen LogP contribution in [0, 0.1) is 17.2 Å². The molecule has 2 heterocycles. The number of aromatic nitrogens is 2. The summed E-state index contributed by atoms with van der Waals surface area (Å²) in [6.07, 6.45) is 0. The van der Waals surface area contributed by atoms with E-state index in [0.717, 1.165) is 16.6 Å². The van der Waals surface area contributed by atoms with Crippen molar-refractivity contribution in [2.24, 2.45) is 5.92 Å². The van der Waals surface area contributed by atoms with Gasteiger partial charge in [-0.15, -0.1) is 0 Å². The molecule has 124 valence electrons. The number of nitriles is 1. The fraction of sp³-hybridized carbons (Fsp3) is 0.211. The second-order valence-electron chi connectivity index (χ2n) is 5.81. The zero-order chi connectivity index (χ0) is 17.4. The van der Waals surface area contributed by atoms with Gasteiger partial charge in [0, 0.05) is 5.56 Å². The molecule has 0 unspecified atom stereocenters. The van der Waals surface area contributed by atoms with Gasteiger partial charge in [0.05, 0.1) is 29.8 Å². The SMILES string of the molecule is CCOc1ccccc1[C@@H]1[C@H](C#N)C(=O)Nc2nc3ccccc3n21. The quantitative estimate of drug-likeness (QED) is 0.799. The van der Waals surface area contributed by atoms with Crippen LogP contribution in [0.5, 0.6) is 5.75 Å². The maximum atomic E-state index is 12.5. The lowest BCUT2D eigenvalue weighted by Gasteiger charge is -2.30. The molecule has 6 nitrogen and oxygen atoms in total. The zero-order valence-electron chi connectivity index (χ0n) is 13.6. The van der Waals surface area contributed by atoms with Crippen molar-refractivity contribution in [2.75, 3.05) is 11.9 Å². The Kier molecular flexibility index (Phi) is 3.62. The standard InChI is InChI=1S/C19H16N4O2/c1-2-25-16-10-6-3-7-12(16)17-13(11-20)18(24)22-19-21-14-8-4-5-9-15(14)23(17)19/h3-10,13,17H,2H2,1H3,(H,21,22,24)/t13-,17+/m0/s1. The Morgan fingerprint density at radius 3 is 2.80 bits per heavy atom. The smallest absolute Gasteiger partial charge is 0.246 e. The summed E-state index contributed by atoms with van der Waals surface area (Å²) in [4.78, 5) is 17.0. The monoisotopic (exact) mass is 332 g/mol. The van der Waals surface area contributed by atoms with Crippen LogP contribution in [0.1, 0.15) is 18.5 Å². The molecule has 0 fully saturated rings. The number of amides is 1. The number of carbonyl (C=O) groups excluding carboxylic acids is 1. The van der Waals surface area contributed by atoms with E-state index in [4.69, 9.17) is 4.74 Å². The summed E-state index contributed by atoms with van der Waals surface area (Å²) in [6, 6.07) is 16.8. The predicted octanol–water partition coefficient (Wildman–Crippen LogP) is 3.12. The average molecular weight is 332 g/mol. The highest BCUT2D eigenvalue weighted by atomic mass is 16.5. The predicted molar refractivity (Wildman–Crippen MR) is 93.2 cm³/mol. The summed E-state index contributed by atoms with van der Waals surface area (Å²) in [5.74, 6) is -0.0870. The molecule has 2 atom stereocenters. The number of imidazole rings is 1. The minimum atomic E-state index is -0.869. The van der Waals surface area contributed by atoms with E-state index in [-0.39, 0.29) is 5.91 Å². The van der Waals surface area contributed by atoms with E-state index in [1.807, 2.05) is 60.0 Å². The number of nitrogens with one attached hydrogen (secondary N) is 1. The van der Waals surface area contributed by atoms with Crippen molar-refractivity contribution in [3.05, 3.63) is 54.1 Å². The maximum Gasteiger partial charge on any atom is 0.246 e. The van der Waals surface area contributed by atoms with Gasteiger partial charge >= 0.3 is 0 Å². The lowest BCUT2D eigenvalue weighted by Crippen LogP contribution is -2.37. The van der Waals surface area contributed by atoms with Crippen molar-refractivity contribution >= 4 is 22.9 Å². The highest BCUT2D eigenvalue weighted by molar-refractivity contribution is 5.97. The van der Waals surface area contributed by atoms with Gasteiger partial charge in [-0.25, -0.2) is 4.98 Å². The van der Waals surface area contributed by atoms with Gasteiger partial charge in [0.1, 0.15) is 5.75 Å². The van der Waals surface area contributed by atoms with Crippen molar-refractivity contribution in [2.45, 2.75) is 13.0 Å². The van der Waals surface area contributed by atoms with Gasteiger partial charge in [-0.2, -0.15) is 5.26 Å². The third kappa shape index (κ3) is 2.32. The van der Waals surface area contributed by atoms with E-state index < -0.39 is 12.0 Å². The number of carbonyl (C=O) groups is 1. The molecule has 25 heavy (non-hydrogen) atoms. The van der Waals surface area contributed by atoms with Crippen LogP contribution in [0.4, 0.5) is 5.95 Å². The first kappa shape index (κ1) is 15.2. The van der Waals surface area contributed by atoms with Crippen LogP contribution >= 0.6 is 0 Å². The van der Waals surface area contributed by atoms with E-state index in [0.29, 0.717) is 18.3 Å². The number of hydrogen-bond donors (Lipinski definition) is 1. The number of rotatable bonds is 3. The Labute approximate surface area is 144 Å². The van der Waals surface area contributed by atoms with Crippen LogP contribution in [-0.2, 0) is 4.79 Å². The van der Waals surface area contributed by atoms with Crippen LogP contribution in [0.2, 0.25) is 0 Å². The third-order valence-corrected chi connectivity index (χ3v) is 4.38. The summed E-state index contributed by atoms with van der Waals surface area (Å²) < 4.78 is 7.67. The molecule has 4 rings (SSSR count). The number of benzene rings is 2. The van der Waals surface area contributed by atoms with Crippen molar-refractivity contribution in [1.82, 2.24) is 9.55 Å². The van der Waals surface area contributed by atoms with Crippen molar-refractivity contribution < 1.29 is 9.53 Å². The molecule has 1 aromatic heterocycles. The molecular formula is C19H16N4O2. The van der Waals surface area contributed by atoms with E-state index in [1.165, 1.54) is 0 Å². The van der Waals surface area contributed by atoms with Crippen LogP contribution in [-0.4, -0.2) is 22.1 Å². The van der Waals surface area contributed by atoms with Gasteiger partial charge in [-0.3, -0.25) is 10.1 Å². The second kappa shape index (κ2) is 5.95.